The largest absolute Gasteiger partial charge is 0.207 e. The van der Waals surface area contributed by atoms with Crippen LogP contribution >= 0.6 is 0 Å². The minimum absolute atomic E-state index is 0.176. The molecular formula is C22H25F. The molecule has 2 aromatic carbocycles. The Morgan fingerprint density at radius 2 is 1.96 bits per heavy atom. The zero-order valence-electron chi connectivity index (χ0n) is 14.3. The summed E-state index contributed by atoms with van der Waals surface area (Å²) < 4.78 is 13.7. The average molecular weight is 308 g/mol. The molecule has 0 radical (unpaired) electrons. The van der Waals surface area contributed by atoms with Crippen LogP contribution in [0.2, 0.25) is 0 Å². The summed E-state index contributed by atoms with van der Waals surface area (Å²) in [6, 6.07) is 11.5. The molecule has 0 aliphatic heterocycles. The highest BCUT2D eigenvalue weighted by molar-refractivity contribution is 5.76. The molecule has 0 nitrogen and oxygen atoms in total. The number of hydrogen-bond donors (Lipinski definition) is 0. The molecule has 3 rings (SSSR count). The summed E-state index contributed by atoms with van der Waals surface area (Å²) in [6.07, 6.45) is 3.55. The minimum Gasteiger partial charge on any atom is -0.207 e. The lowest BCUT2D eigenvalue weighted by atomic mass is 9.86. The molecule has 0 bridgehead atoms. The molecule has 2 aromatic rings. The lowest BCUT2D eigenvalue weighted by Gasteiger charge is -2.18. The highest BCUT2D eigenvalue weighted by atomic mass is 19.1. The van der Waals surface area contributed by atoms with Crippen LogP contribution in [0.3, 0.4) is 0 Å². The van der Waals surface area contributed by atoms with E-state index in [2.05, 4.69) is 45.5 Å². The van der Waals surface area contributed by atoms with Crippen LogP contribution in [0.15, 0.2) is 43.0 Å². The quantitative estimate of drug-likeness (QED) is 0.597. The van der Waals surface area contributed by atoms with Gasteiger partial charge in [-0.25, -0.2) is 4.39 Å². The molecule has 1 heteroatoms. The van der Waals surface area contributed by atoms with Crippen molar-refractivity contribution in [1.82, 2.24) is 0 Å². The van der Waals surface area contributed by atoms with Gasteiger partial charge in [0, 0.05) is 0 Å². The maximum atomic E-state index is 13.7. The Kier molecular flexibility index (Phi) is 4.39. The van der Waals surface area contributed by atoms with Gasteiger partial charge in [-0.05, 0) is 89.6 Å². The van der Waals surface area contributed by atoms with E-state index in [0.717, 1.165) is 23.5 Å². The molecule has 1 aliphatic carbocycles. The number of halogens is 1. The van der Waals surface area contributed by atoms with Gasteiger partial charge in [0.1, 0.15) is 5.82 Å². The van der Waals surface area contributed by atoms with E-state index < -0.39 is 0 Å². The number of aryl methyl sites for hydroxylation is 2. The number of rotatable bonds is 5. The second-order valence-electron chi connectivity index (χ2n) is 6.84. The van der Waals surface area contributed by atoms with E-state index in [1.807, 2.05) is 6.07 Å². The standard InChI is InChI=1S/C22H25F/c1-5-17-10-11-20(23)13-22(17)19-7-6-14(2)21(12-19)16(4)15(3)18-8-9-18/h6-7,10-13,15,18H,4-5,8-9H2,1-3H3. The van der Waals surface area contributed by atoms with E-state index >= 15 is 0 Å². The number of hydrogen-bond acceptors (Lipinski definition) is 0. The molecule has 1 fully saturated rings. The number of allylic oxidation sites excluding steroid dienone is 1. The highest BCUT2D eigenvalue weighted by Crippen LogP contribution is 2.43. The molecule has 0 N–H and O–H groups in total. The maximum Gasteiger partial charge on any atom is 0.123 e. The molecule has 0 saturated heterocycles. The molecule has 0 aromatic heterocycles. The smallest absolute Gasteiger partial charge is 0.123 e. The first-order valence-electron chi connectivity index (χ1n) is 8.60. The molecule has 23 heavy (non-hydrogen) atoms. The molecule has 0 spiro atoms. The summed E-state index contributed by atoms with van der Waals surface area (Å²) >= 11 is 0. The Labute approximate surface area is 139 Å². The van der Waals surface area contributed by atoms with Crippen molar-refractivity contribution in [3.63, 3.8) is 0 Å². The van der Waals surface area contributed by atoms with Crippen molar-refractivity contribution in [1.29, 1.82) is 0 Å². The summed E-state index contributed by atoms with van der Waals surface area (Å²) in [5.41, 5.74) is 6.98. The predicted molar refractivity (Wildman–Crippen MR) is 96.9 cm³/mol. The predicted octanol–water partition coefficient (Wildman–Crippen LogP) is 6.42. The van der Waals surface area contributed by atoms with Crippen molar-refractivity contribution >= 4 is 5.57 Å². The zero-order valence-corrected chi connectivity index (χ0v) is 14.3. The van der Waals surface area contributed by atoms with Crippen molar-refractivity contribution in [2.75, 3.05) is 0 Å². The Bertz CT molecular complexity index is 738. The van der Waals surface area contributed by atoms with Gasteiger partial charge < -0.3 is 0 Å². The Morgan fingerprint density at radius 1 is 1.22 bits per heavy atom. The van der Waals surface area contributed by atoms with E-state index in [1.54, 1.807) is 12.1 Å². The van der Waals surface area contributed by atoms with Crippen molar-refractivity contribution in [3.05, 3.63) is 65.5 Å². The van der Waals surface area contributed by atoms with Crippen LogP contribution in [-0.4, -0.2) is 0 Å². The fourth-order valence-corrected chi connectivity index (χ4v) is 3.39. The summed E-state index contributed by atoms with van der Waals surface area (Å²) in [5.74, 6) is 1.15. The molecule has 120 valence electrons. The highest BCUT2D eigenvalue weighted by Gasteiger charge is 2.30. The van der Waals surface area contributed by atoms with Crippen molar-refractivity contribution < 1.29 is 4.39 Å². The first-order chi connectivity index (χ1) is 11.0. The Balaban J connectivity index is 2.03. The van der Waals surface area contributed by atoms with E-state index in [1.165, 1.54) is 35.1 Å². The minimum atomic E-state index is -0.176. The normalized spacial score (nSPS) is 15.5. The molecule has 1 saturated carbocycles. The summed E-state index contributed by atoms with van der Waals surface area (Å²) in [5, 5.41) is 0. The molecule has 1 unspecified atom stereocenters. The molecule has 1 aliphatic rings. The average Bonchev–Trinajstić information content (AvgIpc) is 3.39. The SMILES string of the molecule is C=C(c1cc(-c2cc(F)ccc2CC)ccc1C)C(C)C1CC1. The third-order valence-corrected chi connectivity index (χ3v) is 5.23. The Morgan fingerprint density at radius 3 is 2.61 bits per heavy atom. The lowest BCUT2D eigenvalue weighted by molar-refractivity contribution is 0.627. The third kappa shape index (κ3) is 3.24. The van der Waals surface area contributed by atoms with Crippen LogP contribution in [0.5, 0.6) is 0 Å². The summed E-state index contributed by atoms with van der Waals surface area (Å²) in [6.45, 7) is 10.9. The third-order valence-electron chi connectivity index (χ3n) is 5.23. The van der Waals surface area contributed by atoms with Crippen LogP contribution in [0, 0.1) is 24.6 Å². The Hall–Kier alpha value is -1.89. The lowest BCUT2D eigenvalue weighted by Crippen LogP contribution is -2.02. The number of benzene rings is 2. The van der Waals surface area contributed by atoms with Crippen molar-refractivity contribution in [2.45, 2.75) is 40.0 Å². The van der Waals surface area contributed by atoms with Crippen LogP contribution in [-0.2, 0) is 6.42 Å². The van der Waals surface area contributed by atoms with Crippen molar-refractivity contribution in [2.24, 2.45) is 11.8 Å². The van der Waals surface area contributed by atoms with Gasteiger partial charge in [0.25, 0.3) is 0 Å². The first kappa shape index (κ1) is 16.0. The van der Waals surface area contributed by atoms with Gasteiger partial charge in [-0.2, -0.15) is 0 Å². The summed E-state index contributed by atoms with van der Waals surface area (Å²) in [4.78, 5) is 0. The van der Waals surface area contributed by atoms with Gasteiger partial charge in [-0.15, -0.1) is 0 Å². The van der Waals surface area contributed by atoms with E-state index in [9.17, 15) is 4.39 Å². The zero-order chi connectivity index (χ0) is 16.6. The summed E-state index contributed by atoms with van der Waals surface area (Å²) in [7, 11) is 0. The maximum absolute atomic E-state index is 13.7. The monoisotopic (exact) mass is 308 g/mol. The van der Waals surface area contributed by atoms with Crippen LogP contribution < -0.4 is 0 Å². The van der Waals surface area contributed by atoms with Crippen LogP contribution in [0.25, 0.3) is 16.7 Å². The first-order valence-corrected chi connectivity index (χ1v) is 8.60. The van der Waals surface area contributed by atoms with Crippen molar-refractivity contribution in [3.8, 4) is 11.1 Å². The molecular weight excluding hydrogens is 283 g/mol. The molecule has 0 heterocycles. The van der Waals surface area contributed by atoms with Gasteiger partial charge in [0.15, 0.2) is 0 Å². The van der Waals surface area contributed by atoms with Crippen LogP contribution in [0.1, 0.15) is 43.4 Å². The van der Waals surface area contributed by atoms with E-state index in [0.29, 0.717) is 5.92 Å². The fourth-order valence-electron chi connectivity index (χ4n) is 3.39. The van der Waals surface area contributed by atoms with E-state index in [-0.39, 0.29) is 5.82 Å². The van der Waals surface area contributed by atoms with Crippen LogP contribution in [0.4, 0.5) is 4.39 Å². The van der Waals surface area contributed by atoms with Gasteiger partial charge in [-0.3, -0.25) is 0 Å². The van der Waals surface area contributed by atoms with E-state index in [4.69, 9.17) is 0 Å². The molecule has 0 amide bonds. The van der Waals surface area contributed by atoms with Gasteiger partial charge in [-0.1, -0.05) is 38.6 Å². The second-order valence-corrected chi connectivity index (χ2v) is 6.84. The van der Waals surface area contributed by atoms with Gasteiger partial charge in [0.2, 0.25) is 0 Å². The topological polar surface area (TPSA) is 0 Å². The molecule has 1 atom stereocenters. The fraction of sp³-hybridized carbons (Fsp3) is 0.364. The van der Waals surface area contributed by atoms with Gasteiger partial charge >= 0.3 is 0 Å². The second kappa shape index (κ2) is 6.31. The van der Waals surface area contributed by atoms with Gasteiger partial charge in [0.05, 0.1) is 0 Å².